The number of carbonyl (C=O) groups is 1. The van der Waals surface area contributed by atoms with Crippen molar-refractivity contribution in [3.63, 3.8) is 0 Å². The molecule has 1 aliphatic heterocycles. The fourth-order valence-corrected chi connectivity index (χ4v) is 5.58. The van der Waals surface area contributed by atoms with E-state index in [0.717, 1.165) is 0 Å². The maximum Gasteiger partial charge on any atom is 0.305 e. The summed E-state index contributed by atoms with van der Waals surface area (Å²) in [4.78, 5) is 12.5. The molecule has 0 aromatic heterocycles. The van der Waals surface area contributed by atoms with Crippen LogP contribution in [0.15, 0.2) is 0 Å². The Balaban J connectivity index is 2.12. The van der Waals surface area contributed by atoms with Gasteiger partial charge in [-0.15, -0.1) is 0 Å². The summed E-state index contributed by atoms with van der Waals surface area (Å²) in [6, 6.07) is 0. The minimum atomic E-state index is -1.87. The molecule has 21 heavy (non-hydrogen) atoms. The molecule has 1 saturated heterocycles. The van der Waals surface area contributed by atoms with Crippen LogP contribution in [0.2, 0.25) is 0 Å². The summed E-state index contributed by atoms with van der Waals surface area (Å²) in [6.07, 6.45) is 1.46. The van der Waals surface area contributed by atoms with Gasteiger partial charge in [-0.3, -0.25) is 13.2 Å². The molecule has 120 valence electrons. The molecule has 1 unspecified atom stereocenters. The molecule has 5 nitrogen and oxygen atoms in total. The maximum atomic E-state index is 12.5. The minimum absolute atomic E-state index is 0.0385. The Bertz CT molecular complexity index is 506. The van der Waals surface area contributed by atoms with Gasteiger partial charge in [-0.25, -0.2) is 0 Å². The Hall–Kier alpha value is -0.300. The van der Waals surface area contributed by atoms with Gasteiger partial charge < -0.3 is 5.11 Å². The molecule has 1 heterocycles. The highest BCUT2D eigenvalue weighted by molar-refractivity contribution is 7.75. The molecule has 6 atom stereocenters. The van der Waals surface area contributed by atoms with Gasteiger partial charge in [-0.2, -0.15) is 4.21 Å². The quantitative estimate of drug-likeness (QED) is 0.800. The fourth-order valence-electron chi connectivity index (χ4n) is 4.60. The van der Waals surface area contributed by atoms with Crippen LogP contribution >= 0.6 is 0 Å². The Morgan fingerprint density at radius 2 is 1.95 bits per heavy atom. The second-order valence-corrected chi connectivity index (χ2v) is 8.35. The van der Waals surface area contributed by atoms with Gasteiger partial charge in [0.05, 0.1) is 11.2 Å². The van der Waals surface area contributed by atoms with Gasteiger partial charge in [0, 0.05) is 17.8 Å². The third-order valence-corrected chi connectivity index (χ3v) is 6.99. The van der Waals surface area contributed by atoms with E-state index in [2.05, 4.69) is 0 Å². The zero-order chi connectivity index (χ0) is 15.6. The number of aliphatic hydroxyl groups is 1. The van der Waals surface area contributed by atoms with E-state index >= 15 is 0 Å². The zero-order valence-corrected chi connectivity index (χ0v) is 13.9. The molecule has 3 aliphatic rings. The minimum Gasteiger partial charge on any atom is -0.387 e. The fraction of sp³-hybridized carbons (Fsp3) is 0.933. The van der Waals surface area contributed by atoms with Crippen molar-refractivity contribution in [1.29, 1.82) is 0 Å². The van der Waals surface area contributed by atoms with Crippen molar-refractivity contribution in [3.8, 4) is 0 Å². The standard InChI is InChI=1S/C15H24O5S/c1-9(2)15(17)8-7-13(3)10(16)5-6-14(4)11(13)12(15)19-21(18)20-14/h9,11-12,17H,5-8H2,1-4H3/t11?,12-,13-,14-,15+,21+/m0/s1. The molecule has 2 aliphatic carbocycles. The molecular weight excluding hydrogens is 292 g/mol. The number of hydrogen-bond acceptors (Lipinski definition) is 5. The van der Waals surface area contributed by atoms with E-state index in [1.807, 2.05) is 27.7 Å². The molecule has 6 heteroatoms. The molecule has 0 radical (unpaired) electrons. The molecule has 0 aromatic carbocycles. The highest BCUT2D eigenvalue weighted by Crippen LogP contribution is 2.60. The van der Waals surface area contributed by atoms with Crippen molar-refractivity contribution < 1.29 is 22.5 Å². The number of rotatable bonds is 1. The highest BCUT2D eigenvalue weighted by atomic mass is 32.2. The first kappa shape index (κ1) is 15.6. The zero-order valence-electron chi connectivity index (χ0n) is 13.0. The smallest absolute Gasteiger partial charge is 0.305 e. The number of carbonyl (C=O) groups excluding carboxylic acids is 1. The molecule has 1 N–H and O–H groups in total. The summed E-state index contributed by atoms with van der Waals surface area (Å²) >= 11 is -1.87. The van der Waals surface area contributed by atoms with E-state index in [0.29, 0.717) is 25.7 Å². The molecular formula is C15H24O5S. The summed E-state index contributed by atoms with van der Waals surface area (Å²) in [5.41, 5.74) is -2.31. The Labute approximate surface area is 128 Å². The average Bonchev–Trinajstić information content (AvgIpc) is 2.38. The highest BCUT2D eigenvalue weighted by Gasteiger charge is 2.68. The van der Waals surface area contributed by atoms with Crippen LogP contribution in [0.3, 0.4) is 0 Å². The van der Waals surface area contributed by atoms with Crippen LogP contribution in [0.1, 0.15) is 53.4 Å². The van der Waals surface area contributed by atoms with Crippen LogP contribution in [-0.2, 0) is 24.5 Å². The van der Waals surface area contributed by atoms with Crippen molar-refractivity contribution in [1.82, 2.24) is 0 Å². The second-order valence-electron chi connectivity index (χ2n) is 7.58. The first-order valence-electron chi connectivity index (χ1n) is 7.67. The Morgan fingerprint density at radius 3 is 2.57 bits per heavy atom. The van der Waals surface area contributed by atoms with Gasteiger partial charge in [0.2, 0.25) is 0 Å². The SMILES string of the molecule is CC(C)[C@]1(O)CC[C@@]2(C)C(=O)CC[C@]3(C)O[S@](=O)O[C@H]1C23. The topological polar surface area (TPSA) is 72.8 Å². The number of Topliss-reactive ketones (excluding diaryl/α,β-unsaturated/α-hetero) is 1. The summed E-state index contributed by atoms with van der Waals surface area (Å²) in [5.74, 6) is -0.0887. The summed E-state index contributed by atoms with van der Waals surface area (Å²) < 4.78 is 23.1. The predicted octanol–water partition coefficient (Wildman–Crippen LogP) is 1.91. The first-order chi connectivity index (χ1) is 9.63. The molecule has 0 spiro atoms. The van der Waals surface area contributed by atoms with Crippen LogP contribution < -0.4 is 0 Å². The van der Waals surface area contributed by atoms with Crippen LogP contribution in [0.4, 0.5) is 0 Å². The van der Waals surface area contributed by atoms with Crippen molar-refractivity contribution in [2.75, 3.05) is 0 Å². The van der Waals surface area contributed by atoms with E-state index in [1.165, 1.54) is 0 Å². The molecule has 2 saturated carbocycles. The lowest BCUT2D eigenvalue weighted by molar-refractivity contribution is -0.237. The average molecular weight is 316 g/mol. The molecule has 0 bridgehead atoms. The largest absolute Gasteiger partial charge is 0.387 e. The van der Waals surface area contributed by atoms with Gasteiger partial charge in [-0.05, 0) is 32.1 Å². The van der Waals surface area contributed by atoms with Gasteiger partial charge >= 0.3 is 11.4 Å². The molecule has 0 amide bonds. The van der Waals surface area contributed by atoms with E-state index in [4.69, 9.17) is 8.37 Å². The molecule has 3 fully saturated rings. The summed E-state index contributed by atoms with van der Waals surface area (Å²) in [6.45, 7) is 7.73. The normalized spacial score (nSPS) is 53.6. The van der Waals surface area contributed by atoms with Crippen molar-refractivity contribution >= 4 is 17.1 Å². The van der Waals surface area contributed by atoms with E-state index in [9.17, 15) is 14.1 Å². The van der Waals surface area contributed by atoms with Gasteiger partial charge in [0.25, 0.3) is 0 Å². The van der Waals surface area contributed by atoms with E-state index in [1.54, 1.807) is 0 Å². The maximum absolute atomic E-state index is 12.5. The lowest BCUT2D eigenvalue weighted by atomic mass is 9.49. The number of hydrogen-bond donors (Lipinski definition) is 1. The molecule has 0 aromatic rings. The van der Waals surface area contributed by atoms with Gasteiger partial charge in [-0.1, -0.05) is 20.8 Å². The van der Waals surface area contributed by atoms with Crippen molar-refractivity contribution in [2.45, 2.75) is 70.7 Å². The second kappa shape index (κ2) is 4.60. The van der Waals surface area contributed by atoms with Crippen molar-refractivity contribution in [3.05, 3.63) is 0 Å². The predicted molar refractivity (Wildman–Crippen MR) is 77.4 cm³/mol. The van der Waals surface area contributed by atoms with Crippen LogP contribution in [0.25, 0.3) is 0 Å². The summed E-state index contributed by atoms with van der Waals surface area (Å²) in [5, 5.41) is 11.1. The first-order valence-corrected chi connectivity index (χ1v) is 8.67. The van der Waals surface area contributed by atoms with E-state index in [-0.39, 0.29) is 17.6 Å². The van der Waals surface area contributed by atoms with Crippen molar-refractivity contribution in [2.24, 2.45) is 17.3 Å². The monoisotopic (exact) mass is 316 g/mol. The lowest BCUT2D eigenvalue weighted by Gasteiger charge is -2.61. The van der Waals surface area contributed by atoms with Crippen LogP contribution in [0.5, 0.6) is 0 Å². The van der Waals surface area contributed by atoms with E-state index < -0.39 is 34.1 Å². The van der Waals surface area contributed by atoms with Crippen LogP contribution in [-0.4, -0.2) is 32.4 Å². The third-order valence-electron chi connectivity index (χ3n) is 6.11. The van der Waals surface area contributed by atoms with Gasteiger partial charge in [0.1, 0.15) is 11.9 Å². The Kier molecular flexibility index (Phi) is 3.41. The Morgan fingerprint density at radius 1 is 1.29 bits per heavy atom. The summed E-state index contributed by atoms with van der Waals surface area (Å²) in [7, 11) is 0. The van der Waals surface area contributed by atoms with Gasteiger partial charge in [0.15, 0.2) is 0 Å². The lowest BCUT2D eigenvalue weighted by Crippen LogP contribution is -2.71. The van der Waals surface area contributed by atoms with Crippen LogP contribution in [0, 0.1) is 17.3 Å². The third kappa shape index (κ3) is 1.99. The number of ketones is 1. The molecule has 3 rings (SSSR count).